The minimum Gasteiger partial charge on any atom is -0.378 e. The van der Waals surface area contributed by atoms with Crippen LogP contribution < -0.4 is 5.32 Å². The number of ether oxygens (including phenoxy) is 1. The van der Waals surface area contributed by atoms with E-state index in [-0.39, 0.29) is 0 Å². The lowest BCUT2D eigenvalue weighted by molar-refractivity contribution is -0.0149. The molecule has 2 heteroatoms. The van der Waals surface area contributed by atoms with Gasteiger partial charge in [-0.05, 0) is 44.2 Å². The van der Waals surface area contributed by atoms with Crippen molar-refractivity contribution in [2.24, 2.45) is 5.41 Å². The SMILES string of the molecule is CC1(COC2CCNCC2)CCCC1. The molecule has 1 aliphatic carbocycles. The maximum atomic E-state index is 6.03. The van der Waals surface area contributed by atoms with Crippen LogP contribution in [-0.4, -0.2) is 25.8 Å². The van der Waals surface area contributed by atoms with Crippen molar-refractivity contribution in [3.8, 4) is 0 Å². The number of rotatable bonds is 3. The molecule has 0 unspecified atom stereocenters. The summed E-state index contributed by atoms with van der Waals surface area (Å²) < 4.78 is 6.03. The zero-order valence-electron chi connectivity index (χ0n) is 9.35. The van der Waals surface area contributed by atoms with Gasteiger partial charge in [0.1, 0.15) is 0 Å². The monoisotopic (exact) mass is 197 g/mol. The lowest BCUT2D eigenvalue weighted by Crippen LogP contribution is -2.34. The maximum absolute atomic E-state index is 6.03. The van der Waals surface area contributed by atoms with Gasteiger partial charge in [0.05, 0.1) is 12.7 Å². The lowest BCUT2D eigenvalue weighted by atomic mass is 9.90. The summed E-state index contributed by atoms with van der Waals surface area (Å²) in [5, 5.41) is 3.37. The zero-order chi connectivity index (χ0) is 9.86. The molecule has 0 bridgehead atoms. The average molecular weight is 197 g/mol. The zero-order valence-corrected chi connectivity index (χ0v) is 9.35. The molecule has 0 amide bonds. The molecule has 0 aromatic heterocycles. The first kappa shape index (κ1) is 10.4. The van der Waals surface area contributed by atoms with E-state index in [2.05, 4.69) is 12.2 Å². The van der Waals surface area contributed by atoms with Crippen molar-refractivity contribution >= 4 is 0 Å². The Kier molecular flexibility index (Phi) is 3.45. The minimum absolute atomic E-state index is 0.505. The highest BCUT2D eigenvalue weighted by Gasteiger charge is 2.29. The van der Waals surface area contributed by atoms with Gasteiger partial charge in [-0.25, -0.2) is 0 Å². The number of piperidine rings is 1. The van der Waals surface area contributed by atoms with Crippen LogP contribution >= 0.6 is 0 Å². The van der Waals surface area contributed by atoms with E-state index >= 15 is 0 Å². The highest BCUT2D eigenvalue weighted by Crippen LogP contribution is 2.38. The van der Waals surface area contributed by atoms with Crippen LogP contribution in [0.2, 0.25) is 0 Å². The van der Waals surface area contributed by atoms with Crippen LogP contribution in [0.3, 0.4) is 0 Å². The van der Waals surface area contributed by atoms with E-state index in [0.717, 1.165) is 19.7 Å². The van der Waals surface area contributed by atoms with Gasteiger partial charge in [-0.2, -0.15) is 0 Å². The highest BCUT2D eigenvalue weighted by atomic mass is 16.5. The molecule has 0 aromatic carbocycles. The van der Waals surface area contributed by atoms with E-state index in [1.54, 1.807) is 0 Å². The lowest BCUT2D eigenvalue weighted by Gasteiger charge is -2.29. The Balaban J connectivity index is 1.70. The molecule has 0 atom stereocenters. The highest BCUT2D eigenvalue weighted by molar-refractivity contribution is 4.81. The van der Waals surface area contributed by atoms with Crippen molar-refractivity contribution in [2.45, 2.75) is 51.6 Å². The fraction of sp³-hybridized carbons (Fsp3) is 1.00. The molecule has 0 aromatic rings. The Labute approximate surface area is 87.4 Å². The molecule has 2 nitrogen and oxygen atoms in total. The summed E-state index contributed by atoms with van der Waals surface area (Å²) in [6.45, 7) is 5.67. The minimum atomic E-state index is 0.505. The summed E-state index contributed by atoms with van der Waals surface area (Å²) >= 11 is 0. The number of hydrogen-bond acceptors (Lipinski definition) is 2. The smallest absolute Gasteiger partial charge is 0.0599 e. The second-order valence-electron chi connectivity index (χ2n) is 5.28. The van der Waals surface area contributed by atoms with Gasteiger partial charge in [0.2, 0.25) is 0 Å². The van der Waals surface area contributed by atoms with Gasteiger partial charge in [-0.1, -0.05) is 19.8 Å². The third kappa shape index (κ3) is 2.71. The molecule has 0 radical (unpaired) electrons. The van der Waals surface area contributed by atoms with Crippen molar-refractivity contribution < 1.29 is 4.74 Å². The van der Waals surface area contributed by atoms with E-state index in [1.165, 1.54) is 38.5 Å². The molecule has 2 aliphatic rings. The molecular weight excluding hydrogens is 174 g/mol. The summed E-state index contributed by atoms with van der Waals surface area (Å²) in [4.78, 5) is 0. The predicted molar refractivity (Wildman–Crippen MR) is 58.4 cm³/mol. The largest absolute Gasteiger partial charge is 0.378 e. The van der Waals surface area contributed by atoms with Gasteiger partial charge >= 0.3 is 0 Å². The number of hydrogen-bond donors (Lipinski definition) is 1. The third-order valence-electron chi connectivity index (χ3n) is 3.76. The van der Waals surface area contributed by atoms with E-state index in [9.17, 15) is 0 Å². The second kappa shape index (κ2) is 4.63. The van der Waals surface area contributed by atoms with Gasteiger partial charge in [-0.15, -0.1) is 0 Å². The summed E-state index contributed by atoms with van der Waals surface area (Å²) in [6, 6.07) is 0. The molecule has 82 valence electrons. The maximum Gasteiger partial charge on any atom is 0.0599 e. The molecule has 2 fully saturated rings. The molecule has 1 heterocycles. The fourth-order valence-corrected chi connectivity index (χ4v) is 2.65. The van der Waals surface area contributed by atoms with Crippen molar-refractivity contribution in [3.63, 3.8) is 0 Å². The van der Waals surface area contributed by atoms with Crippen LogP contribution in [0.15, 0.2) is 0 Å². The first-order chi connectivity index (χ1) is 6.79. The van der Waals surface area contributed by atoms with Crippen LogP contribution in [0.1, 0.15) is 45.4 Å². The first-order valence-corrected chi connectivity index (χ1v) is 6.11. The van der Waals surface area contributed by atoms with Gasteiger partial charge < -0.3 is 10.1 Å². The van der Waals surface area contributed by atoms with Gasteiger partial charge in [-0.3, -0.25) is 0 Å². The van der Waals surface area contributed by atoms with Gasteiger partial charge in [0.25, 0.3) is 0 Å². The van der Waals surface area contributed by atoms with Crippen LogP contribution in [0.25, 0.3) is 0 Å². The molecule has 1 saturated carbocycles. The Morgan fingerprint density at radius 1 is 1.21 bits per heavy atom. The van der Waals surface area contributed by atoms with E-state index < -0.39 is 0 Å². The van der Waals surface area contributed by atoms with Crippen molar-refractivity contribution in [1.82, 2.24) is 5.32 Å². The Morgan fingerprint density at radius 2 is 1.86 bits per heavy atom. The van der Waals surface area contributed by atoms with Crippen LogP contribution in [-0.2, 0) is 4.74 Å². The Morgan fingerprint density at radius 3 is 2.50 bits per heavy atom. The fourth-order valence-electron chi connectivity index (χ4n) is 2.65. The normalized spacial score (nSPS) is 28.1. The van der Waals surface area contributed by atoms with E-state index in [4.69, 9.17) is 4.74 Å². The summed E-state index contributed by atoms with van der Waals surface area (Å²) in [5.41, 5.74) is 0.505. The first-order valence-electron chi connectivity index (χ1n) is 6.11. The average Bonchev–Trinajstić information content (AvgIpc) is 2.65. The van der Waals surface area contributed by atoms with Crippen molar-refractivity contribution in [1.29, 1.82) is 0 Å². The van der Waals surface area contributed by atoms with Gasteiger partial charge in [0.15, 0.2) is 0 Å². The number of nitrogens with one attached hydrogen (secondary N) is 1. The predicted octanol–water partition coefficient (Wildman–Crippen LogP) is 2.34. The molecule has 1 saturated heterocycles. The Bertz CT molecular complexity index is 169. The molecule has 1 N–H and O–H groups in total. The second-order valence-corrected chi connectivity index (χ2v) is 5.28. The van der Waals surface area contributed by atoms with Gasteiger partial charge in [0, 0.05) is 0 Å². The third-order valence-corrected chi connectivity index (χ3v) is 3.76. The van der Waals surface area contributed by atoms with E-state index in [0.29, 0.717) is 11.5 Å². The molecule has 14 heavy (non-hydrogen) atoms. The molecule has 0 spiro atoms. The van der Waals surface area contributed by atoms with Crippen molar-refractivity contribution in [2.75, 3.05) is 19.7 Å². The Hall–Kier alpha value is -0.0800. The molecule has 1 aliphatic heterocycles. The summed E-state index contributed by atoms with van der Waals surface area (Å²) in [5.74, 6) is 0. The topological polar surface area (TPSA) is 21.3 Å². The van der Waals surface area contributed by atoms with Crippen LogP contribution in [0.5, 0.6) is 0 Å². The van der Waals surface area contributed by atoms with Crippen molar-refractivity contribution in [3.05, 3.63) is 0 Å². The molecular formula is C12H23NO. The van der Waals surface area contributed by atoms with Crippen LogP contribution in [0, 0.1) is 5.41 Å². The van der Waals surface area contributed by atoms with Crippen LogP contribution in [0.4, 0.5) is 0 Å². The molecule has 2 rings (SSSR count). The summed E-state index contributed by atoms with van der Waals surface area (Å²) in [6.07, 6.45) is 8.51. The quantitative estimate of drug-likeness (QED) is 0.750. The van der Waals surface area contributed by atoms with E-state index in [1.807, 2.05) is 0 Å². The summed E-state index contributed by atoms with van der Waals surface area (Å²) in [7, 11) is 0. The standard InChI is InChI=1S/C12H23NO/c1-12(6-2-3-7-12)10-14-11-4-8-13-9-5-11/h11,13H,2-10H2,1H3.